The first-order valence-electron chi connectivity index (χ1n) is 7.47. The molecule has 0 bridgehead atoms. The van der Waals surface area contributed by atoms with Crippen LogP contribution in [-0.4, -0.2) is 26.6 Å². The zero-order chi connectivity index (χ0) is 16.4. The summed E-state index contributed by atoms with van der Waals surface area (Å²) in [5.74, 6) is 0.903. The van der Waals surface area contributed by atoms with Crippen LogP contribution in [0.4, 0.5) is 11.6 Å². The highest BCUT2D eigenvalue weighted by Gasteiger charge is 2.15. The van der Waals surface area contributed by atoms with Crippen molar-refractivity contribution >= 4 is 22.8 Å². The fourth-order valence-electron chi connectivity index (χ4n) is 2.41. The first-order valence-corrected chi connectivity index (χ1v) is 7.47. The number of nitrogens with one attached hydrogen (secondary N) is 1. The Hall–Kier alpha value is -2.67. The number of hydrogen-bond donors (Lipinski definition) is 2. The van der Waals surface area contributed by atoms with E-state index in [1.165, 1.54) is 0 Å². The maximum absolute atomic E-state index is 5.78. The van der Waals surface area contributed by atoms with E-state index in [1.54, 1.807) is 13.4 Å². The summed E-state index contributed by atoms with van der Waals surface area (Å²) >= 11 is 0. The number of hydrogen-bond acceptors (Lipinski definition) is 6. The van der Waals surface area contributed by atoms with E-state index in [1.807, 2.05) is 28.8 Å². The minimum Gasteiger partial charge on any atom is -0.479 e. The molecule has 3 rings (SSSR count). The highest BCUT2D eigenvalue weighted by molar-refractivity contribution is 5.78. The minimum atomic E-state index is 0.240. The van der Waals surface area contributed by atoms with Crippen molar-refractivity contribution in [1.82, 2.24) is 19.5 Å². The summed E-state index contributed by atoms with van der Waals surface area (Å²) in [6.45, 7) is 4.59. The van der Waals surface area contributed by atoms with Crippen LogP contribution in [0.25, 0.3) is 11.2 Å². The Bertz CT molecular complexity index is 827. The van der Waals surface area contributed by atoms with Crippen molar-refractivity contribution in [1.29, 1.82) is 0 Å². The normalized spacial score (nSPS) is 11.2. The van der Waals surface area contributed by atoms with Gasteiger partial charge in [0.2, 0.25) is 11.8 Å². The predicted octanol–water partition coefficient (Wildman–Crippen LogP) is 2.62. The number of nitrogens with zero attached hydrogens (tertiary/aromatic N) is 4. The monoisotopic (exact) mass is 312 g/mol. The van der Waals surface area contributed by atoms with E-state index < -0.39 is 0 Å². The molecule has 0 amide bonds. The molecule has 3 N–H and O–H groups in total. The second-order valence-corrected chi connectivity index (χ2v) is 5.46. The Morgan fingerprint density at radius 1 is 1.26 bits per heavy atom. The molecule has 0 unspecified atom stereocenters. The van der Waals surface area contributed by atoms with Gasteiger partial charge in [-0.05, 0) is 25.5 Å². The maximum atomic E-state index is 5.78. The molecule has 0 saturated carbocycles. The summed E-state index contributed by atoms with van der Waals surface area (Å²) in [7, 11) is 1.58. The van der Waals surface area contributed by atoms with Crippen molar-refractivity contribution in [2.75, 3.05) is 12.4 Å². The summed E-state index contributed by atoms with van der Waals surface area (Å²) < 4.78 is 7.35. The number of imidazole rings is 1. The molecule has 7 heteroatoms. The summed E-state index contributed by atoms with van der Waals surface area (Å²) in [5.41, 5.74) is 9.04. The van der Waals surface area contributed by atoms with E-state index in [4.69, 9.17) is 10.5 Å². The van der Waals surface area contributed by atoms with Crippen LogP contribution in [0.5, 0.6) is 5.88 Å². The van der Waals surface area contributed by atoms with Gasteiger partial charge in [0.25, 0.3) is 0 Å². The van der Waals surface area contributed by atoms with Gasteiger partial charge in [0.05, 0.1) is 13.4 Å². The van der Waals surface area contributed by atoms with Crippen LogP contribution in [0.3, 0.4) is 0 Å². The second kappa shape index (κ2) is 6.21. The summed E-state index contributed by atoms with van der Waals surface area (Å²) in [6.07, 6.45) is 1.75. The third-order valence-electron chi connectivity index (χ3n) is 3.62. The number of rotatable bonds is 5. The molecule has 0 aliphatic rings. The molecule has 0 fully saturated rings. The lowest BCUT2D eigenvalue weighted by Gasteiger charge is -2.12. The van der Waals surface area contributed by atoms with Gasteiger partial charge in [0.15, 0.2) is 11.2 Å². The molecule has 7 nitrogen and oxygen atoms in total. The van der Waals surface area contributed by atoms with Crippen LogP contribution in [0.2, 0.25) is 0 Å². The van der Waals surface area contributed by atoms with Gasteiger partial charge in [-0.25, -0.2) is 4.98 Å². The largest absolute Gasteiger partial charge is 0.479 e. The van der Waals surface area contributed by atoms with E-state index >= 15 is 0 Å². The van der Waals surface area contributed by atoms with Gasteiger partial charge in [0.1, 0.15) is 0 Å². The quantitative estimate of drug-likeness (QED) is 0.752. The molecular formula is C16H20N6O. The third kappa shape index (κ3) is 2.83. The number of para-hydroxylation sites is 1. The van der Waals surface area contributed by atoms with Gasteiger partial charge in [-0.3, -0.25) is 0 Å². The standard InChI is InChI=1S/C16H20N6O/c1-10(2)22-9-18-13-14(22)20-16(21-15(13)23-3)19-12-7-5-4-6-11(12)8-17/h4-7,9-10H,8,17H2,1-3H3,(H,19,20,21). The van der Waals surface area contributed by atoms with Crippen molar-refractivity contribution in [3.05, 3.63) is 36.2 Å². The Morgan fingerprint density at radius 3 is 2.74 bits per heavy atom. The van der Waals surface area contributed by atoms with Crippen LogP contribution >= 0.6 is 0 Å². The summed E-state index contributed by atoms with van der Waals surface area (Å²) in [5, 5.41) is 3.22. The number of benzene rings is 1. The fraction of sp³-hybridized carbons (Fsp3) is 0.312. The van der Waals surface area contributed by atoms with Gasteiger partial charge in [-0.15, -0.1) is 0 Å². The number of methoxy groups -OCH3 is 1. The number of anilines is 2. The average Bonchev–Trinajstić information content (AvgIpc) is 2.98. The second-order valence-electron chi connectivity index (χ2n) is 5.46. The molecule has 0 radical (unpaired) electrons. The zero-order valence-corrected chi connectivity index (χ0v) is 13.4. The molecule has 2 heterocycles. The molecule has 0 aliphatic carbocycles. The molecule has 23 heavy (non-hydrogen) atoms. The van der Waals surface area contributed by atoms with Gasteiger partial charge in [-0.1, -0.05) is 18.2 Å². The fourth-order valence-corrected chi connectivity index (χ4v) is 2.41. The highest BCUT2D eigenvalue weighted by atomic mass is 16.5. The highest BCUT2D eigenvalue weighted by Crippen LogP contribution is 2.26. The Labute approximate surface area is 134 Å². The van der Waals surface area contributed by atoms with Crippen molar-refractivity contribution in [3.8, 4) is 5.88 Å². The molecule has 0 aliphatic heterocycles. The van der Waals surface area contributed by atoms with Gasteiger partial charge in [0, 0.05) is 18.3 Å². The smallest absolute Gasteiger partial charge is 0.246 e. The molecule has 2 aromatic heterocycles. The molecule has 0 atom stereocenters. The van der Waals surface area contributed by atoms with Crippen LogP contribution < -0.4 is 15.8 Å². The lowest BCUT2D eigenvalue weighted by molar-refractivity contribution is 0.402. The van der Waals surface area contributed by atoms with Crippen LogP contribution in [0.1, 0.15) is 25.5 Å². The number of nitrogens with two attached hydrogens (primary N) is 1. The molecule has 3 aromatic rings. The van der Waals surface area contributed by atoms with E-state index in [9.17, 15) is 0 Å². The van der Waals surface area contributed by atoms with Gasteiger partial charge in [-0.2, -0.15) is 9.97 Å². The van der Waals surface area contributed by atoms with Crippen molar-refractivity contribution in [3.63, 3.8) is 0 Å². The molecule has 0 spiro atoms. The third-order valence-corrected chi connectivity index (χ3v) is 3.62. The summed E-state index contributed by atoms with van der Waals surface area (Å²) in [4.78, 5) is 13.4. The van der Waals surface area contributed by atoms with Gasteiger partial charge < -0.3 is 20.4 Å². The maximum Gasteiger partial charge on any atom is 0.246 e. The van der Waals surface area contributed by atoms with E-state index in [2.05, 4.69) is 34.1 Å². The first-order chi connectivity index (χ1) is 11.1. The van der Waals surface area contributed by atoms with Crippen molar-refractivity contribution < 1.29 is 4.74 Å². The Kier molecular flexibility index (Phi) is 4.12. The molecule has 0 saturated heterocycles. The number of fused-ring (bicyclic) bond motifs is 1. The minimum absolute atomic E-state index is 0.240. The average molecular weight is 312 g/mol. The number of ether oxygens (including phenoxy) is 1. The van der Waals surface area contributed by atoms with Crippen molar-refractivity contribution in [2.24, 2.45) is 5.73 Å². The van der Waals surface area contributed by atoms with E-state index in [0.717, 1.165) is 16.9 Å². The summed E-state index contributed by atoms with van der Waals surface area (Å²) in [6, 6.07) is 8.05. The predicted molar refractivity (Wildman–Crippen MR) is 89.9 cm³/mol. The first kappa shape index (κ1) is 15.2. The van der Waals surface area contributed by atoms with E-state index in [-0.39, 0.29) is 6.04 Å². The number of aromatic nitrogens is 4. The lowest BCUT2D eigenvalue weighted by atomic mass is 10.2. The van der Waals surface area contributed by atoms with Crippen LogP contribution in [0.15, 0.2) is 30.6 Å². The lowest BCUT2D eigenvalue weighted by Crippen LogP contribution is -2.06. The zero-order valence-electron chi connectivity index (χ0n) is 13.4. The van der Waals surface area contributed by atoms with E-state index in [0.29, 0.717) is 23.9 Å². The topological polar surface area (TPSA) is 90.9 Å². The molecule has 1 aromatic carbocycles. The Morgan fingerprint density at radius 2 is 2.04 bits per heavy atom. The van der Waals surface area contributed by atoms with Gasteiger partial charge >= 0.3 is 0 Å². The van der Waals surface area contributed by atoms with Crippen molar-refractivity contribution in [2.45, 2.75) is 26.4 Å². The van der Waals surface area contributed by atoms with Crippen LogP contribution in [0, 0.1) is 0 Å². The Balaban J connectivity index is 2.08. The van der Waals surface area contributed by atoms with Crippen LogP contribution in [-0.2, 0) is 6.54 Å². The molecule has 120 valence electrons. The SMILES string of the molecule is COc1nc(Nc2ccccc2CN)nc2c1ncn2C(C)C. The molecular weight excluding hydrogens is 292 g/mol.